The number of amides is 1. The van der Waals surface area contributed by atoms with Crippen LogP contribution in [0.3, 0.4) is 0 Å². The summed E-state index contributed by atoms with van der Waals surface area (Å²) < 4.78 is 39.3. The molecule has 0 spiro atoms. The highest BCUT2D eigenvalue weighted by atomic mass is 35.5. The molecule has 3 nitrogen and oxygen atoms in total. The Morgan fingerprint density at radius 2 is 2.12 bits per heavy atom. The summed E-state index contributed by atoms with van der Waals surface area (Å²) >= 11 is 5.56. The van der Waals surface area contributed by atoms with E-state index in [2.05, 4.69) is 10.1 Å². The van der Waals surface area contributed by atoms with Gasteiger partial charge >= 0.3 is 6.18 Å². The van der Waals surface area contributed by atoms with Crippen LogP contribution in [0.25, 0.3) is 0 Å². The third-order valence-corrected chi connectivity index (χ3v) is 2.40. The van der Waals surface area contributed by atoms with Gasteiger partial charge < -0.3 is 10.1 Å². The van der Waals surface area contributed by atoms with Crippen molar-refractivity contribution in [2.24, 2.45) is 5.92 Å². The number of alkyl halides is 4. The molecule has 7 heteroatoms. The number of carbonyl (C=O) groups excluding carboxylic acids is 1. The van der Waals surface area contributed by atoms with Crippen LogP contribution >= 0.6 is 11.6 Å². The quantitative estimate of drug-likeness (QED) is 0.691. The maximum atomic E-state index is 11.7. The highest BCUT2D eigenvalue weighted by Gasteiger charge is 2.27. The van der Waals surface area contributed by atoms with E-state index in [1.807, 2.05) is 6.92 Å². The zero-order chi connectivity index (χ0) is 13.3. The summed E-state index contributed by atoms with van der Waals surface area (Å²) in [6, 6.07) is 0. The van der Waals surface area contributed by atoms with E-state index in [-0.39, 0.29) is 5.92 Å². The number of ether oxygens (including phenoxy) is 1. The summed E-state index contributed by atoms with van der Waals surface area (Å²) in [5, 5.41) is 2.51. The number of hydrogen-bond acceptors (Lipinski definition) is 2. The molecular formula is C10H17ClF3NO2. The lowest BCUT2D eigenvalue weighted by Crippen LogP contribution is -2.33. The second kappa shape index (κ2) is 8.58. The van der Waals surface area contributed by atoms with Crippen molar-refractivity contribution in [2.45, 2.75) is 25.9 Å². The van der Waals surface area contributed by atoms with Crippen LogP contribution in [0.2, 0.25) is 0 Å². The van der Waals surface area contributed by atoms with E-state index in [1.54, 1.807) is 0 Å². The fourth-order valence-corrected chi connectivity index (χ4v) is 1.48. The van der Waals surface area contributed by atoms with Crippen molar-refractivity contribution in [3.63, 3.8) is 0 Å². The molecule has 1 unspecified atom stereocenters. The SMILES string of the molecule is CCC(CCCl)CNC(=O)COCC(F)(F)F. The van der Waals surface area contributed by atoms with Gasteiger partial charge in [-0.15, -0.1) is 11.6 Å². The average molecular weight is 276 g/mol. The highest BCUT2D eigenvalue weighted by Crippen LogP contribution is 2.14. The first-order chi connectivity index (χ1) is 7.89. The molecule has 0 aromatic rings. The van der Waals surface area contributed by atoms with Gasteiger partial charge in [-0.3, -0.25) is 4.79 Å². The van der Waals surface area contributed by atoms with Crippen LogP contribution in [-0.4, -0.2) is 37.7 Å². The minimum absolute atomic E-state index is 0.249. The minimum Gasteiger partial charge on any atom is -0.362 e. The van der Waals surface area contributed by atoms with E-state index in [9.17, 15) is 18.0 Å². The Morgan fingerprint density at radius 3 is 2.59 bits per heavy atom. The van der Waals surface area contributed by atoms with Crippen molar-refractivity contribution < 1.29 is 22.7 Å². The Hall–Kier alpha value is -0.490. The minimum atomic E-state index is -4.40. The summed E-state index contributed by atoms with van der Waals surface area (Å²) in [4.78, 5) is 11.1. The Kier molecular flexibility index (Phi) is 8.33. The summed E-state index contributed by atoms with van der Waals surface area (Å²) in [5.74, 6) is 0.209. The van der Waals surface area contributed by atoms with Crippen molar-refractivity contribution in [1.82, 2.24) is 5.32 Å². The van der Waals surface area contributed by atoms with Crippen LogP contribution in [0.4, 0.5) is 13.2 Å². The first-order valence-electron chi connectivity index (χ1n) is 5.36. The van der Waals surface area contributed by atoms with Crippen LogP contribution in [0, 0.1) is 5.92 Å². The van der Waals surface area contributed by atoms with Crippen LogP contribution in [0.5, 0.6) is 0 Å². The lowest BCUT2D eigenvalue weighted by molar-refractivity contribution is -0.175. The maximum absolute atomic E-state index is 11.7. The Balaban J connectivity index is 3.65. The molecule has 0 heterocycles. The summed E-state index contributed by atoms with van der Waals surface area (Å²) in [7, 11) is 0. The van der Waals surface area contributed by atoms with E-state index in [0.29, 0.717) is 12.4 Å². The van der Waals surface area contributed by atoms with Gasteiger partial charge in [0.15, 0.2) is 0 Å². The van der Waals surface area contributed by atoms with Gasteiger partial charge in [0.25, 0.3) is 0 Å². The Morgan fingerprint density at radius 1 is 1.47 bits per heavy atom. The summed E-state index contributed by atoms with van der Waals surface area (Å²) in [6.07, 6.45) is -2.77. The highest BCUT2D eigenvalue weighted by molar-refractivity contribution is 6.17. The number of rotatable bonds is 8. The molecule has 17 heavy (non-hydrogen) atoms. The summed E-state index contributed by atoms with van der Waals surface area (Å²) in [5.41, 5.74) is 0. The Bertz CT molecular complexity index is 224. The van der Waals surface area contributed by atoms with E-state index in [1.165, 1.54) is 0 Å². The molecule has 0 aliphatic rings. The van der Waals surface area contributed by atoms with Crippen LogP contribution < -0.4 is 5.32 Å². The van der Waals surface area contributed by atoms with Gasteiger partial charge in [0, 0.05) is 12.4 Å². The molecular weight excluding hydrogens is 259 g/mol. The monoisotopic (exact) mass is 275 g/mol. The number of hydrogen-bond donors (Lipinski definition) is 1. The molecule has 0 aromatic carbocycles. The van der Waals surface area contributed by atoms with Crippen molar-refractivity contribution in [2.75, 3.05) is 25.6 Å². The van der Waals surface area contributed by atoms with Crippen molar-refractivity contribution in [3.05, 3.63) is 0 Å². The normalized spacial score (nSPS) is 13.5. The molecule has 1 N–H and O–H groups in total. The number of carbonyl (C=O) groups is 1. The summed E-state index contributed by atoms with van der Waals surface area (Å²) in [6.45, 7) is 0.400. The molecule has 0 aliphatic heterocycles. The van der Waals surface area contributed by atoms with Crippen LogP contribution in [0.1, 0.15) is 19.8 Å². The standard InChI is InChI=1S/C10H17ClF3NO2/c1-2-8(3-4-11)5-15-9(16)6-17-7-10(12,13)14/h8H,2-7H2,1H3,(H,15,16). The molecule has 102 valence electrons. The first-order valence-corrected chi connectivity index (χ1v) is 5.89. The lowest BCUT2D eigenvalue weighted by atomic mass is 10.0. The predicted octanol–water partition coefficient (Wildman–Crippen LogP) is 2.34. The second-order valence-corrected chi connectivity index (χ2v) is 4.04. The van der Waals surface area contributed by atoms with Gasteiger partial charge in [-0.05, 0) is 12.3 Å². The molecule has 0 fully saturated rings. The fourth-order valence-electron chi connectivity index (χ4n) is 1.17. The maximum Gasteiger partial charge on any atom is 0.411 e. The third kappa shape index (κ3) is 10.4. The van der Waals surface area contributed by atoms with E-state index in [0.717, 1.165) is 12.8 Å². The van der Waals surface area contributed by atoms with Crippen molar-refractivity contribution >= 4 is 17.5 Å². The van der Waals surface area contributed by atoms with Gasteiger partial charge in [-0.25, -0.2) is 0 Å². The second-order valence-electron chi connectivity index (χ2n) is 3.66. The third-order valence-electron chi connectivity index (χ3n) is 2.18. The molecule has 0 saturated heterocycles. The average Bonchev–Trinajstić information content (AvgIpc) is 2.22. The lowest BCUT2D eigenvalue weighted by Gasteiger charge is -2.14. The molecule has 0 rings (SSSR count). The fraction of sp³-hybridized carbons (Fsp3) is 0.900. The van der Waals surface area contributed by atoms with Gasteiger partial charge in [-0.2, -0.15) is 13.2 Å². The molecule has 0 aliphatic carbocycles. The predicted molar refractivity (Wildman–Crippen MR) is 59.0 cm³/mol. The smallest absolute Gasteiger partial charge is 0.362 e. The molecule has 1 amide bonds. The molecule has 0 aromatic heterocycles. The molecule has 0 bridgehead atoms. The Labute approximate surface area is 104 Å². The van der Waals surface area contributed by atoms with Gasteiger partial charge in [0.05, 0.1) is 0 Å². The zero-order valence-electron chi connectivity index (χ0n) is 9.65. The van der Waals surface area contributed by atoms with E-state index in [4.69, 9.17) is 11.6 Å². The van der Waals surface area contributed by atoms with E-state index >= 15 is 0 Å². The van der Waals surface area contributed by atoms with E-state index < -0.39 is 25.3 Å². The molecule has 0 saturated carbocycles. The molecule has 1 atom stereocenters. The van der Waals surface area contributed by atoms with Crippen molar-refractivity contribution in [3.8, 4) is 0 Å². The topological polar surface area (TPSA) is 38.3 Å². The van der Waals surface area contributed by atoms with Crippen LogP contribution in [0.15, 0.2) is 0 Å². The van der Waals surface area contributed by atoms with Crippen LogP contribution in [-0.2, 0) is 9.53 Å². The number of nitrogens with one attached hydrogen (secondary N) is 1. The zero-order valence-corrected chi connectivity index (χ0v) is 10.4. The van der Waals surface area contributed by atoms with Gasteiger partial charge in [-0.1, -0.05) is 13.3 Å². The van der Waals surface area contributed by atoms with Gasteiger partial charge in [0.2, 0.25) is 5.91 Å². The van der Waals surface area contributed by atoms with Gasteiger partial charge in [0.1, 0.15) is 13.2 Å². The first kappa shape index (κ1) is 16.5. The van der Waals surface area contributed by atoms with Crippen molar-refractivity contribution in [1.29, 1.82) is 0 Å². The number of halogens is 4. The molecule has 0 radical (unpaired) electrons. The largest absolute Gasteiger partial charge is 0.411 e.